The fourth-order valence-electron chi connectivity index (χ4n) is 3.90. The number of hydrogen-bond donors (Lipinski definition) is 1. The van der Waals surface area contributed by atoms with Gasteiger partial charge >= 0.3 is 0 Å². The highest BCUT2D eigenvalue weighted by Gasteiger charge is 2.46. The standard InChI is InChI=1S/C25H28ClNO5/c1-15(2)32-12-8-11-27-21(17-9-6-5-7-10-17)20(23(29)25(27)30)22(28)18-13-16(3)14-19(26)24(18)31-4/h5-7,9-10,13-15,21,28H,8,11-12H2,1-4H3/b22-20+. The zero-order valence-corrected chi connectivity index (χ0v) is 19.5. The van der Waals surface area contributed by atoms with Gasteiger partial charge in [0.15, 0.2) is 0 Å². The Morgan fingerprint density at radius 2 is 1.88 bits per heavy atom. The van der Waals surface area contributed by atoms with Gasteiger partial charge in [-0.2, -0.15) is 0 Å². The van der Waals surface area contributed by atoms with Crippen LogP contribution in [0.5, 0.6) is 5.75 Å². The van der Waals surface area contributed by atoms with Gasteiger partial charge in [0, 0.05) is 13.2 Å². The molecule has 0 spiro atoms. The molecule has 2 aromatic carbocycles. The predicted molar refractivity (Wildman–Crippen MR) is 124 cm³/mol. The summed E-state index contributed by atoms with van der Waals surface area (Å²) >= 11 is 6.31. The molecule has 1 aliphatic rings. The van der Waals surface area contributed by atoms with E-state index in [1.807, 2.05) is 51.1 Å². The molecule has 0 saturated carbocycles. The zero-order valence-electron chi connectivity index (χ0n) is 18.7. The normalized spacial score (nSPS) is 17.9. The molecule has 3 rings (SSSR count). The Labute approximate surface area is 193 Å². The molecule has 32 heavy (non-hydrogen) atoms. The molecule has 1 amide bonds. The Morgan fingerprint density at radius 3 is 2.50 bits per heavy atom. The molecule has 0 bridgehead atoms. The van der Waals surface area contributed by atoms with Crippen molar-refractivity contribution in [3.8, 4) is 5.75 Å². The van der Waals surface area contributed by atoms with E-state index in [-0.39, 0.29) is 28.7 Å². The van der Waals surface area contributed by atoms with Gasteiger partial charge in [0.05, 0.1) is 35.4 Å². The van der Waals surface area contributed by atoms with Crippen molar-refractivity contribution in [3.05, 3.63) is 69.8 Å². The molecule has 0 radical (unpaired) electrons. The monoisotopic (exact) mass is 457 g/mol. The lowest BCUT2D eigenvalue weighted by atomic mass is 9.94. The molecule has 7 heteroatoms. The van der Waals surface area contributed by atoms with Crippen molar-refractivity contribution in [3.63, 3.8) is 0 Å². The molecule has 1 saturated heterocycles. The fraction of sp³-hybridized carbons (Fsp3) is 0.360. The van der Waals surface area contributed by atoms with E-state index in [1.165, 1.54) is 12.0 Å². The third-order valence-electron chi connectivity index (χ3n) is 5.30. The molecule has 1 fully saturated rings. The number of rotatable bonds is 8. The van der Waals surface area contributed by atoms with E-state index < -0.39 is 17.7 Å². The predicted octanol–water partition coefficient (Wildman–Crippen LogP) is 4.89. The van der Waals surface area contributed by atoms with Gasteiger partial charge in [0.25, 0.3) is 11.7 Å². The summed E-state index contributed by atoms with van der Waals surface area (Å²) < 4.78 is 11.0. The molecule has 1 heterocycles. The summed E-state index contributed by atoms with van der Waals surface area (Å²) in [6, 6.07) is 11.9. The zero-order chi connectivity index (χ0) is 23.4. The van der Waals surface area contributed by atoms with Gasteiger partial charge in [0.2, 0.25) is 0 Å². The largest absolute Gasteiger partial charge is 0.507 e. The van der Waals surface area contributed by atoms with Crippen LogP contribution in [0.1, 0.15) is 43.0 Å². The van der Waals surface area contributed by atoms with Gasteiger partial charge in [-0.1, -0.05) is 41.9 Å². The van der Waals surface area contributed by atoms with Gasteiger partial charge in [-0.25, -0.2) is 0 Å². The third kappa shape index (κ3) is 4.81. The Kier molecular flexibility index (Phi) is 7.59. The molecule has 1 N–H and O–H groups in total. The van der Waals surface area contributed by atoms with E-state index in [1.54, 1.807) is 12.1 Å². The topological polar surface area (TPSA) is 76.1 Å². The summed E-state index contributed by atoms with van der Waals surface area (Å²) in [4.78, 5) is 27.6. The lowest BCUT2D eigenvalue weighted by molar-refractivity contribution is -0.140. The van der Waals surface area contributed by atoms with E-state index in [4.69, 9.17) is 21.1 Å². The molecule has 0 aliphatic carbocycles. The van der Waals surface area contributed by atoms with Crippen molar-refractivity contribution in [1.82, 2.24) is 4.90 Å². The van der Waals surface area contributed by atoms with Crippen LogP contribution in [0.15, 0.2) is 48.0 Å². The van der Waals surface area contributed by atoms with Crippen LogP contribution in [0.25, 0.3) is 5.76 Å². The highest BCUT2D eigenvalue weighted by atomic mass is 35.5. The van der Waals surface area contributed by atoms with E-state index in [2.05, 4.69) is 0 Å². The average Bonchev–Trinajstić information content (AvgIpc) is 3.01. The summed E-state index contributed by atoms with van der Waals surface area (Å²) in [5.41, 5.74) is 1.81. The second kappa shape index (κ2) is 10.2. The number of hydrogen-bond acceptors (Lipinski definition) is 5. The molecule has 1 unspecified atom stereocenters. The lowest BCUT2D eigenvalue weighted by Crippen LogP contribution is -2.31. The van der Waals surface area contributed by atoms with E-state index in [0.29, 0.717) is 24.6 Å². The van der Waals surface area contributed by atoms with Crippen molar-refractivity contribution in [2.75, 3.05) is 20.3 Å². The third-order valence-corrected chi connectivity index (χ3v) is 5.58. The number of methoxy groups -OCH3 is 1. The molecule has 0 aromatic heterocycles. The first-order valence-electron chi connectivity index (χ1n) is 10.6. The number of ether oxygens (including phenoxy) is 2. The number of benzene rings is 2. The number of ketones is 1. The van der Waals surface area contributed by atoms with Crippen LogP contribution in [-0.4, -0.2) is 48.1 Å². The summed E-state index contributed by atoms with van der Waals surface area (Å²) in [7, 11) is 1.44. The number of Topliss-reactive ketones (excluding diaryl/α,β-unsaturated/α-hetero) is 1. The molecular formula is C25H28ClNO5. The van der Waals surface area contributed by atoms with Gasteiger partial charge in [-0.05, 0) is 50.5 Å². The van der Waals surface area contributed by atoms with Crippen LogP contribution in [0.2, 0.25) is 5.02 Å². The molecule has 1 aliphatic heterocycles. The maximum atomic E-state index is 13.1. The highest BCUT2D eigenvalue weighted by molar-refractivity contribution is 6.46. The number of nitrogens with zero attached hydrogens (tertiary/aromatic N) is 1. The van der Waals surface area contributed by atoms with Crippen molar-refractivity contribution in [1.29, 1.82) is 0 Å². The van der Waals surface area contributed by atoms with Crippen LogP contribution in [0.3, 0.4) is 0 Å². The average molecular weight is 458 g/mol. The molecular weight excluding hydrogens is 430 g/mol. The number of aliphatic hydroxyl groups is 1. The van der Waals surface area contributed by atoms with Gasteiger partial charge < -0.3 is 19.5 Å². The number of carbonyl (C=O) groups excluding carboxylic acids is 2. The van der Waals surface area contributed by atoms with Crippen LogP contribution >= 0.6 is 11.6 Å². The van der Waals surface area contributed by atoms with Gasteiger partial charge in [0.1, 0.15) is 11.5 Å². The molecule has 170 valence electrons. The quantitative estimate of drug-likeness (QED) is 0.264. The minimum atomic E-state index is -0.735. The SMILES string of the molecule is COc1c(Cl)cc(C)cc1/C(O)=C1\C(=O)C(=O)N(CCCOC(C)C)C1c1ccccc1. The maximum absolute atomic E-state index is 13.1. The number of carbonyl (C=O) groups is 2. The fourth-order valence-corrected chi connectivity index (χ4v) is 4.25. The number of aliphatic hydroxyl groups excluding tert-OH is 1. The second-order valence-electron chi connectivity index (χ2n) is 8.00. The van der Waals surface area contributed by atoms with E-state index in [0.717, 1.165) is 11.1 Å². The van der Waals surface area contributed by atoms with Crippen LogP contribution < -0.4 is 4.74 Å². The Balaban J connectivity index is 2.11. The first kappa shape index (κ1) is 23.8. The Morgan fingerprint density at radius 1 is 1.19 bits per heavy atom. The minimum absolute atomic E-state index is 0.0194. The van der Waals surface area contributed by atoms with Crippen molar-refractivity contribution < 1.29 is 24.2 Å². The first-order chi connectivity index (χ1) is 15.3. The highest BCUT2D eigenvalue weighted by Crippen LogP contribution is 2.42. The van der Waals surface area contributed by atoms with Gasteiger partial charge in [-0.3, -0.25) is 9.59 Å². The smallest absolute Gasteiger partial charge is 0.295 e. The van der Waals surface area contributed by atoms with Crippen LogP contribution in [0, 0.1) is 6.92 Å². The minimum Gasteiger partial charge on any atom is -0.507 e. The molecule has 6 nitrogen and oxygen atoms in total. The summed E-state index contributed by atoms with van der Waals surface area (Å²) in [5.74, 6) is -1.44. The number of aryl methyl sites for hydroxylation is 1. The molecule has 2 aromatic rings. The van der Waals surface area contributed by atoms with Crippen molar-refractivity contribution in [2.45, 2.75) is 39.3 Å². The Bertz CT molecular complexity index is 1030. The Hall–Kier alpha value is -2.83. The van der Waals surface area contributed by atoms with E-state index >= 15 is 0 Å². The number of amides is 1. The summed E-state index contributed by atoms with van der Waals surface area (Å²) in [5, 5.41) is 11.6. The first-order valence-corrected chi connectivity index (χ1v) is 10.9. The summed E-state index contributed by atoms with van der Waals surface area (Å²) in [6.07, 6.45) is 0.641. The van der Waals surface area contributed by atoms with Crippen molar-refractivity contribution >= 4 is 29.1 Å². The molecule has 1 atom stereocenters. The van der Waals surface area contributed by atoms with Gasteiger partial charge in [-0.15, -0.1) is 0 Å². The lowest BCUT2D eigenvalue weighted by Gasteiger charge is -2.25. The maximum Gasteiger partial charge on any atom is 0.295 e. The second-order valence-corrected chi connectivity index (χ2v) is 8.41. The van der Waals surface area contributed by atoms with Crippen molar-refractivity contribution in [2.24, 2.45) is 0 Å². The van der Waals surface area contributed by atoms with Crippen LogP contribution in [-0.2, 0) is 14.3 Å². The van der Waals surface area contributed by atoms with E-state index in [9.17, 15) is 14.7 Å². The van der Waals surface area contributed by atoms with Crippen LogP contribution in [0.4, 0.5) is 0 Å². The summed E-state index contributed by atoms with van der Waals surface area (Å²) in [6.45, 7) is 6.49. The number of likely N-dealkylation sites (tertiary alicyclic amines) is 1. The number of halogens is 1.